The van der Waals surface area contributed by atoms with Crippen molar-refractivity contribution in [1.82, 2.24) is 14.9 Å². The van der Waals surface area contributed by atoms with E-state index in [1.165, 1.54) is 11.8 Å². The normalized spacial score (nSPS) is 13.1. The monoisotopic (exact) mass is 422 g/mol. The summed E-state index contributed by atoms with van der Waals surface area (Å²) in [7, 11) is 0. The van der Waals surface area contributed by atoms with Gasteiger partial charge in [0.2, 0.25) is 5.91 Å². The van der Waals surface area contributed by atoms with Crippen molar-refractivity contribution < 1.29 is 9.53 Å². The van der Waals surface area contributed by atoms with Crippen LogP contribution in [-0.4, -0.2) is 33.4 Å². The first-order valence-corrected chi connectivity index (χ1v) is 10.9. The Labute approximate surface area is 181 Å². The number of carbonyl (C=O) groups excluding carboxylic acids is 1. The Kier molecular flexibility index (Phi) is 6.68. The van der Waals surface area contributed by atoms with E-state index >= 15 is 0 Å². The second-order valence-corrected chi connectivity index (χ2v) is 8.39. The van der Waals surface area contributed by atoms with Crippen molar-refractivity contribution in [2.45, 2.75) is 38.4 Å². The van der Waals surface area contributed by atoms with Gasteiger partial charge in [0, 0.05) is 5.69 Å². The number of para-hydroxylation sites is 2. The first kappa shape index (κ1) is 21.7. The number of hydrogen-bond acceptors (Lipinski definition) is 5. The van der Waals surface area contributed by atoms with Gasteiger partial charge < -0.3 is 10.1 Å². The van der Waals surface area contributed by atoms with Crippen molar-refractivity contribution >= 4 is 28.7 Å². The zero-order valence-electron chi connectivity index (χ0n) is 17.7. The first-order chi connectivity index (χ1) is 14.4. The molecule has 1 heterocycles. The molecule has 7 heteroatoms. The molecule has 0 aliphatic carbocycles. The van der Waals surface area contributed by atoms with E-state index < -0.39 is 5.54 Å². The molecule has 156 valence electrons. The number of thioether (sulfide) groups is 1. The molecular formula is C23H26N4O2S. The van der Waals surface area contributed by atoms with Gasteiger partial charge in [0.15, 0.2) is 5.16 Å². The SMILES string of the molecule is CCOc1ccc(-n2c(SCC(=O)N[C@](C)(C#N)C(C)C)nc3ccccc32)cc1. The maximum Gasteiger partial charge on any atom is 0.231 e. The number of ether oxygens (including phenoxy) is 1. The number of imidazole rings is 1. The fourth-order valence-electron chi connectivity index (χ4n) is 2.97. The summed E-state index contributed by atoms with van der Waals surface area (Å²) >= 11 is 1.35. The Bertz CT molecular complexity index is 1070. The Morgan fingerprint density at radius 1 is 1.27 bits per heavy atom. The van der Waals surface area contributed by atoms with Gasteiger partial charge in [-0.15, -0.1) is 0 Å². The number of fused-ring (bicyclic) bond motifs is 1. The third-order valence-corrected chi connectivity index (χ3v) is 5.99. The van der Waals surface area contributed by atoms with Gasteiger partial charge in [-0.1, -0.05) is 37.7 Å². The number of nitrogens with zero attached hydrogens (tertiary/aromatic N) is 3. The van der Waals surface area contributed by atoms with Crippen LogP contribution >= 0.6 is 11.8 Å². The molecule has 0 fully saturated rings. The van der Waals surface area contributed by atoms with E-state index in [0.29, 0.717) is 6.61 Å². The van der Waals surface area contributed by atoms with Gasteiger partial charge in [0.1, 0.15) is 11.3 Å². The lowest BCUT2D eigenvalue weighted by Gasteiger charge is -2.27. The largest absolute Gasteiger partial charge is 0.494 e. The van der Waals surface area contributed by atoms with Crippen molar-refractivity contribution in [3.8, 4) is 17.5 Å². The van der Waals surface area contributed by atoms with Gasteiger partial charge in [-0.05, 0) is 56.2 Å². The molecule has 0 saturated heterocycles. The third-order valence-electron chi connectivity index (χ3n) is 5.05. The van der Waals surface area contributed by atoms with Crippen molar-refractivity contribution in [1.29, 1.82) is 5.26 Å². The number of aromatic nitrogens is 2. The van der Waals surface area contributed by atoms with Gasteiger partial charge in [0.05, 0.1) is 29.5 Å². The van der Waals surface area contributed by atoms with Crippen LogP contribution in [0, 0.1) is 17.2 Å². The summed E-state index contributed by atoms with van der Waals surface area (Å²) in [5.41, 5.74) is 1.87. The topological polar surface area (TPSA) is 79.9 Å². The lowest BCUT2D eigenvalue weighted by Crippen LogP contribution is -2.49. The van der Waals surface area contributed by atoms with Gasteiger partial charge >= 0.3 is 0 Å². The van der Waals surface area contributed by atoms with Crippen LogP contribution in [0.1, 0.15) is 27.7 Å². The second kappa shape index (κ2) is 9.23. The van der Waals surface area contributed by atoms with Crippen molar-refractivity contribution in [3.05, 3.63) is 48.5 Å². The van der Waals surface area contributed by atoms with Crippen LogP contribution in [0.2, 0.25) is 0 Å². The maximum absolute atomic E-state index is 12.5. The number of amides is 1. The highest BCUT2D eigenvalue weighted by Gasteiger charge is 2.30. The summed E-state index contributed by atoms with van der Waals surface area (Å²) in [6, 6.07) is 17.9. The zero-order valence-corrected chi connectivity index (χ0v) is 18.5. The summed E-state index contributed by atoms with van der Waals surface area (Å²) in [6.07, 6.45) is 0. The molecule has 0 spiro atoms. The molecule has 1 amide bonds. The minimum Gasteiger partial charge on any atom is -0.494 e. The standard InChI is InChI=1S/C23H26N4O2S/c1-5-29-18-12-10-17(11-13-18)27-20-9-7-6-8-19(20)25-22(27)30-14-21(28)26-23(4,15-24)16(2)3/h6-13,16H,5,14H2,1-4H3,(H,26,28)/t23-/m1/s1. The van der Waals surface area contributed by atoms with E-state index in [1.807, 2.05) is 73.9 Å². The van der Waals surface area contributed by atoms with Crippen LogP contribution in [0.5, 0.6) is 5.75 Å². The van der Waals surface area contributed by atoms with E-state index in [-0.39, 0.29) is 17.6 Å². The number of nitrogens with one attached hydrogen (secondary N) is 1. The van der Waals surface area contributed by atoms with Crippen LogP contribution in [0.15, 0.2) is 53.7 Å². The predicted octanol–water partition coefficient (Wildman–Crippen LogP) is 4.57. The molecule has 1 aromatic heterocycles. The summed E-state index contributed by atoms with van der Waals surface area (Å²) in [4.78, 5) is 17.3. The molecule has 0 aliphatic heterocycles. The minimum absolute atomic E-state index is 0.00452. The molecule has 0 unspecified atom stereocenters. The average molecular weight is 423 g/mol. The number of hydrogen-bond donors (Lipinski definition) is 1. The molecule has 6 nitrogen and oxygen atoms in total. The quantitative estimate of drug-likeness (QED) is 0.538. The van der Waals surface area contributed by atoms with Gasteiger partial charge in [0.25, 0.3) is 0 Å². The Balaban J connectivity index is 1.87. The van der Waals surface area contributed by atoms with E-state index in [0.717, 1.165) is 27.6 Å². The highest BCUT2D eigenvalue weighted by molar-refractivity contribution is 7.99. The molecule has 3 aromatic rings. The first-order valence-electron chi connectivity index (χ1n) is 9.93. The Hall–Kier alpha value is -2.98. The fourth-order valence-corrected chi connectivity index (χ4v) is 3.79. The molecule has 30 heavy (non-hydrogen) atoms. The lowest BCUT2D eigenvalue weighted by atomic mass is 9.90. The zero-order chi connectivity index (χ0) is 21.7. The van der Waals surface area contributed by atoms with Crippen LogP contribution in [0.25, 0.3) is 16.7 Å². The molecular weight excluding hydrogens is 396 g/mol. The highest BCUT2D eigenvalue weighted by Crippen LogP contribution is 2.29. The summed E-state index contributed by atoms with van der Waals surface area (Å²) < 4.78 is 7.58. The predicted molar refractivity (Wildman–Crippen MR) is 120 cm³/mol. The second-order valence-electron chi connectivity index (χ2n) is 7.45. The van der Waals surface area contributed by atoms with Gasteiger partial charge in [-0.3, -0.25) is 9.36 Å². The number of benzene rings is 2. The summed E-state index contributed by atoms with van der Waals surface area (Å²) in [6.45, 7) is 8.15. The van der Waals surface area contributed by atoms with Gasteiger partial charge in [-0.25, -0.2) is 4.98 Å². The number of carbonyl (C=O) groups is 1. The third kappa shape index (κ3) is 4.60. The van der Waals surface area contributed by atoms with Crippen molar-refractivity contribution in [2.75, 3.05) is 12.4 Å². The van der Waals surface area contributed by atoms with Crippen LogP contribution in [0.4, 0.5) is 0 Å². The van der Waals surface area contributed by atoms with E-state index in [1.54, 1.807) is 6.92 Å². The Morgan fingerprint density at radius 2 is 1.97 bits per heavy atom. The molecule has 2 aromatic carbocycles. The fraction of sp³-hybridized carbons (Fsp3) is 0.348. The van der Waals surface area contributed by atoms with Crippen LogP contribution in [-0.2, 0) is 4.79 Å². The van der Waals surface area contributed by atoms with Crippen LogP contribution < -0.4 is 10.1 Å². The summed E-state index contributed by atoms with van der Waals surface area (Å²) in [5.74, 6) is 0.793. The lowest BCUT2D eigenvalue weighted by molar-refractivity contribution is -0.120. The molecule has 0 bridgehead atoms. The molecule has 1 atom stereocenters. The average Bonchev–Trinajstić information content (AvgIpc) is 3.11. The van der Waals surface area contributed by atoms with Crippen molar-refractivity contribution in [2.24, 2.45) is 5.92 Å². The Morgan fingerprint density at radius 3 is 2.60 bits per heavy atom. The molecule has 3 rings (SSSR count). The molecule has 0 aliphatic rings. The minimum atomic E-state index is -0.896. The van der Waals surface area contributed by atoms with E-state index in [9.17, 15) is 10.1 Å². The molecule has 1 N–H and O–H groups in total. The highest BCUT2D eigenvalue weighted by atomic mass is 32.2. The number of nitriles is 1. The van der Waals surface area contributed by atoms with E-state index in [4.69, 9.17) is 9.72 Å². The van der Waals surface area contributed by atoms with Crippen molar-refractivity contribution in [3.63, 3.8) is 0 Å². The van der Waals surface area contributed by atoms with E-state index in [2.05, 4.69) is 11.4 Å². The van der Waals surface area contributed by atoms with Gasteiger partial charge in [-0.2, -0.15) is 5.26 Å². The molecule has 0 radical (unpaired) electrons. The maximum atomic E-state index is 12.5. The summed E-state index contributed by atoms with van der Waals surface area (Å²) in [5, 5.41) is 13.0. The molecule has 0 saturated carbocycles. The smallest absolute Gasteiger partial charge is 0.231 e. The number of rotatable bonds is 8. The van der Waals surface area contributed by atoms with Crippen LogP contribution in [0.3, 0.4) is 0 Å².